The summed E-state index contributed by atoms with van der Waals surface area (Å²) in [6.07, 6.45) is 0.677. The Kier molecular flexibility index (Phi) is 5.57. The van der Waals surface area contributed by atoms with Gasteiger partial charge in [-0.05, 0) is 42.0 Å². The number of amides is 1. The molecule has 0 bridgehead atoms. The number of para-hydroxylation sites is 1. The van der Waals surface area contributed by atoms with Crippen molar-refractivity contribution in [3.63, 3.8) is 0 Å². The fraction of sp³-hybridized carbons (Fsp3) is 0.0870. The number of fused-ring (bicyclic) bond motifs is 1. The molecule has 3 aromatic rings. The second kappa shape index (κ2) is 8.30. The molecule has 1 N–H and O–H groups in total. The van der Waals surface area contributed by atoms with Gasteiger partial charge in [0.25, 0.3) is 5.91 Å². The standard InChI is InChI=1S/C23H17NO4S2/c1-14(22(26)27)28-19-9-5-4-8-17(19)13-20-21(25)24(23(29)30-20)18-11-10-15-6-2-3-7-16(15)12-18/h2-14H,1H3,(H,26,27)/b20-13+. The van der Waals surface area contributed by atoms with Crippen molar-refractivity contribution in [1.82, 2.24) is 0 Å². The molecule has 1 amide bonds. The van der Waals surface area contributed by atoms with E-state index in [-0.39, 0.29) is 5.91 Å². The molecule has 30 heavy (non-hydrogen) atoms. The molecule has 3 aromatic carbocycles. The first kappa shape index (κ1) is 20.1. The number of carboxylic acid groups (broad SMARTS) is 1. The van der Waals surface area contributed by atoms with Crippen molar-refractivity contribution in [2.75, 3.05) is 4.90 Å². The lowest BCUT2D eigenvalue weighted by Gasteiger charge is -2.15. The van der Waals surface area contributed by atoms with Gasteiger partial charge in [-0.25, -0.2) is 4.79 Å². The van der Waals surface area contributed by atoms with Gasteiger partial charge in [-0.2, -0.15) is 0 Å². The van der Waals surface area contributed by atoms with Crippen LogP contribution in [0.25, 0.3) is 16.8 Å². The smallest absolute Gasteiger partial charge is 0.344 e. The molecule has 5 nitrogen and oxygen atoms in total. The molecular formula is C23H17NO4S2. The Morgan fingerprint density at radius 1 is 1.10 bits per heavy atom. The van der Waals surface area contributed by atoms with Crippen LogP contribution in [0.3, 0.4) is 0 Å². The first-order valence-electron chi connectivity index (χ1n) is 9.19. The zero-order chi connectivity index (χ0) is 21.3. The van der Waals surface area contributed by atoms with Gasteiger partial charge < -0.3 is 9.84 Å². The molecule has 7 heteroatoms. The summed E-state index contributed by atoms with van der Waals surface area (Å²) in [5.74, 6) is -0.892. The van der Waals surface area contributed by atoms with E-state index in [2.05, 4.69) is 0 Å². The van der Waals surface area contributed by atoms with E-state index >= 15 is 0 Å². The largest absolute Gasteiger partial charge is 0.479 e. The molecule has 1 aliphatic rings. The third-order valence-corrected chi connectivity index (χ3v) is 5.94. The SMILES string of the molecule is CC(Oc1ccccc1/C=C1/SC(=S)N(c2ccc3ccccc3c2)C1=O)C(=O)O. The summed E-state index contributed by atoms with van der Waals surface area (Å²) in [7, 11) is 0. The highest BCUT2D eigenvalue weighted by atomic mass is 32.2. The Hall–Kier alpha value is -3.16. The maximum absolute atomic E-state index is 13.1. The van der Waals surface area contributed by atoms with Crippen LogP contribution in [0.4, 0.5) is 5.69 Å². The molecule has 1 atom stereocenters. The van der Waals surface area contributed by atoms with Crippen LogP contribution in [-0.4, -0.2) is 27.4 Å². The number of thiocarbonyl (C=S) groups is 1. The highest BCUT2D eigenvalue weighted by Gasteiger charge is 2.33. The first-order chi connectivity index (χ1) is 14.4. The van der Waals surface area contributed by atoms with Crippen LogP contribution in [0.15, 0.2) is 71.6 Å². The number of thioether (sulfide) groups is 1. The normalized spacial score (nSPS) is 16.3. The number of benzene rings is 3. The number of nitrogens with zero attached hydrogens (tertiary/aromatic N) is 1. The van der Waals surface area contributed by atoms with Gasteiger partial charge >= 0.3 is 5.97 Å². The summed E-state index contributed by atoms with van der Waals surface area (Å²) in [4.78, 5) is 26.2. The fourth-order valence-electron chi connectivity index (χ4n) is 3.10. The summed E-state index contributed by atoms with van der Waals surface area (Å²) in [5.41, 5.74) is 1.33. The Labute approximate surface area is 183 Å². The number of carbonyl (C=O) groups is 2. The molecule has 0 saturated carbocycles. The lowest BCUT2D eigenvalue weighted by atomic mass is 10.1. The van der Waals surface area contributed by atoms with Crippen molar-refractivity contribution in [3.8, 4) is 5.75 Å². The van der Waals surface area contributed by atoms with Crippen molar-refractivity contribution >= 4 is 62.7 Å². The molecule has 0 aromatic heterocycles. The molecule has 1 fully saturated rings. The zero-order valence-corrected chi connectivity index (χ0v) is 17.6. The second-order valence-electron chi connectivity index (χ2n) is 6.68. The van der Waals surface area contributed by atoms with Gasteiger partial charge in [0.1, 0.15) is 5.75 Å². The number of hydrogen-bond acceptors (Lipinski definition) is 5. The summed E-state index contributed by atoms with van der Waals surface area (Å²) in [6, 6.07) is 20.7. The highest BCUT2D eigenvalue weighted by Crippen LogP contribution is 2.38. The summed E-state index contributed by atoms with van der Waals surface area (Å²) in [6.45, 7) is 1.46. The molecule has 4 rings (SSSR count). The number of anilines is 1. The minimum atomic E-state index is -1.06. The van der Waals surface area contributed by atoms with Gasteiger partial charge in [-0.1, -0.05) is 72.5 Å². The molecule has 1 aliphatic heterocycles. The van der Waals surface area contributed by atoms with Crippen LogP contribution in [-0.2, 0) is 9.59 Å². The highest BCUT2D eigenvalue weighted by molar-refractivity contribution is 8.27. The van der Waals surface area contributed by atoms with Crippen LogP contribution in [0.1, 0.15) is 12.5 Å². The molecule has 150 valence electrons. The second-order valence-corrected chi connectivity index (χ2v) is 8.36. The quantitative estimate of drug-likeness (QED) is 0.444. The van der Waals surface area contributed by atoms with Crippen LogP contribution in [0.2, 0.25) is 0 Å². The zero-order valence-electron chi connectivity index (χ0n) is 15.9. The molecule has 0 radical (unpaired) electrons. The Morgan fingerprint density at radius 3 is 2.57 bits per heavy atom. The number of hydrogen-bond donors (Lipinski definition) is 1. The van der Waals surface area contributed by atoms with Gasteiger partial charge in [0, 0.05) is 5.56 Å². The average Bonchev–Trinajstić information content (AvgIpc) is 3.02. The van der Waals surface area contributed by atoms with Gasteiger partial charge in [0.2, 0.25) is 0 Å². The number of rotatable bonds is 5. The Bertz CT molecular complexity index is 1200. The van der Waals surface area contributed by atoms with E-state index in [1.807, 2.05) is 42.5 Å². The lowest BCUT2D eigenvalue weighted by Crippen LogP contribution is -2.27. The van der Waals surface area contributed by atoms with E-state index in [1.54, 1.807) is 30.3 Å². The Morgan fingerprint density at radius 2 is 1.80 bits per heavy atom. The van der Waals surface area contributed by atoms with Crippen molar-refractivity contribution in [2.45, 2.75) is 13.0 Å². The van der Waals surface area contributed by atoms with Crippen LogP contribution < -0.4 is 9.64 Å². The van der Waals surface area contributed by atoms with E-state index < -0.39 is 12.1 Å². The van der Waals surface area contributed by atoms with Crippen LogP contribution in [0, 0.1) is 0 Å². The topological polar surface area (TPSA) is 66.8 Å². The molecule has 1 unspecified atom stereocenters. The van der Waals surface area contributed by atoms with Gasteiger partial charge in [-0.3, -0.25) is 9.69 Å². The first-order valence-corrected chi connectivity index (χ1v) is 10.4. The van der Waals surface area contributed by atoms with E-state index in [0.717, 1.165) is 10.8 Å². The van der Waals surface area contributed by atoms with Crippen molar-refractivity contribution < 1.29 is 19.4 Å². The third kappa shape index (κ3) is 3.94. The molecule has 1 saturated heterocycles. The average molecular weight is 436 g/mol. The summed E-state index contributed by atoms with van der Waals surface area (Å²) >= 11 is 6.68. The number of ether oxygens (including phenoxy) is 1. The fourth-order valence-corrected chi connectivity index (χ4v) is 4.39. The Balaban J connectivity index is 1.66. The predicted molar refractivity (Wildman–Crippen MR) is 124 cm³/mol. The van der Waals surface area contributed by atoms with Crippen molar-refractivity contribution in [2.24, 2.45) is 0 Å². The van der Waals surface area contributed by atoms with E-state index in [0.29, 0.717) is 26.2 Å². The van der Waals surface area contributed by atoms with Crippen molar-refractivity contribution in [1.29, 1.82) is 0 Å². The lowest BCUT2D eigenvalue weighted by molar-refractivity contribution is -0.144. The number of carboxylic acids is 1. The van der Waals surface area contributed by atoms with Gasteiger partial charge in [0.05, 0.1) is 10.6 Å². The van der Waals surface area contributed by atoms with E-state index in [4.69, 9.17) is 22.1 Å². The molecule has 0 aliphatic carbocycles. The maximum atomic E-state index is 13.1. The minimum absolute atomic E-state index is 0.221. The monoisotopic (exact) mass is 435 g/mol. The van der Waals surface area contributed by atoms with E-state index in [9.17, 15) is 9.59 Å². The molecular weight excluding hydrogens is 418 g/mol. The summed E-state index contributed by atoms with van der Waals surface area (Å²) < 4.78 is 5.97. The predicted octanol–water partition coefficient (Wildman–Crippen LogP) is 5.10. The summed E-state index contributed by atoms with van der Waals surface area (Å²) in [5, 5.41) is 11.2. The van der Waals surface area contributed by atoms with E-state index in [1.165, 1.54) is 23.6 Å². The molecule has 1 heterocycles. The van der Waals surface area contributed by atoms with Crippen LogP contribution >= 0.6 is 24.0 Å². The molecule has 0 spiro atoms. The number of carbonyl (C=O) groups excluding carboxylic acids is 1. The van der Waals surface area contributed by atoms with Crippen LogP contribution in [0.5, 0.6) is 5.75 Å². The van der Waals surface area contributed by atoms with Crippen molar-refractivity contribution in [3.05, 3.63) is 77.2 Å². The van der Waals surface area contributed by atoms with Gasteiger partial charge in [0.15, 0.2) is 10.4 Å². The third-order valence-electron chi connectivity index (χ3n) is 4.64. The van der Waals surface area contributed by atoms with Gasteiger partial charge in [-0.15, -0.1) is 0 Å². The maximum Gasteiger partial charge on any atom is 0.344 e. The minimum Gasteiger partial charge on any atom is -0.479 e. The number of aliphatic carboxylic acids is 1.